The maximum absolute atomic E-state index is 12.2. The Morgan fingerprint density at radius 1 is 0.926 bits per heavy atom. The van der Waals surface area contributed by atoms with Crippen LogP contribution in [0.1, 0.15) is 152 Å². The van der Waals surface area contributed by atoms with Crippen molar-refractivity contribution in [1.29, 1.82) is 0 Å². The zero-order valence-electron chi connectivity index (χ0n) is 39.9. The number of benzene rings is 3. The van der Waals surface area contributed by atoms with E-state index in [0.717, 1.165) is 54.3 Å². The molecule has 0 unspecified atom stereocenters. The van der Waals surface area contributed by atoms with Crippen LogP contribution in [0, 0.1) is 17.9 Å². The Morgan fingerprint density at radius 3 is 2.09 bits per heavy atom. The summed E-state index contributed by atoms with van der Waals surface area (Å²) in [4.78, 5) is 17.0. The smallest absolute Gasteiger partial charge is 0.157 e. The van der Waals surface area contributed by atoms with Gasteiger partial charge in [-0.2, -0.15) is 5.70 Å². The fourth-order valence-corrected chi connectivity index (χ4v) is 8.99. The maximum Gasteiger partial charge on any atom is 0.157 e. The molecule has 54 heavy (non-hydrogen) atoms. The SMILES string of the molecule is CCC(CC)C(=O)/C=C(\[N-]C(C)C)C(CC)CC.[2H]c1c([2H])c([2H])c2c(C(C)(C)C)c([2H])c(-c3nccc4c3sc3cc5c(cc34)C(C)(C)CCC5(C)C)[c-]c2c1[2H].[Ir]. The first-order valence-corrected chi connectivity index (χ1v) is 20.6. The van der Waals surface area contributed by atoms with Crippen LogP contribution in [0.3, 0.4) is 0 Å². The van der Waals surface area contributed by atoms with Gasteiger partial charge in [-0.3, -0.25) is 9.78 Å². The number of allylic oxidation sites excluding steroid dienone is 2. The molecule has 2 heterocycles. The van der Waals surface area contributed by atoms with Crippen molar-refractivity contribution in [2.75, 3.05) is 0 Å². The Kier molecular flexibility index (Phi) is 11.9. The Labute approximate surface area is 351 Å². The second-order valence-electron chi connectivity index (χ2n) is 17.5. The molecule has 0 saturated heterocycles. The summed E-state index contributed by atoms with van der Waals surface area (Å²) in [6.07, 6.45) is 9.83. The van der Waals surface area contributed by atoms with Crippen molar-refractivity contribution in [2.45, 2.75) is 151 Å². The van der Waals surface area contributed by atoms with Crippen LogP contribution in [0.25, 0.3) is 47.5 Å². The van der Waals surface area contributed by atoms with Crippen LogP contribution in [-0.2, 0) is 41.1 Å². The topological polar surface area (TPSA) is 44.1 Å². The fourth-order valence-electron chi connectivity index (χ4n) is 7.78. The van der Waals surface area contributed by atoms with Gasteiger partial charge in [0.05, 0.1) is 4.11 Å². The van der Waals surface area contributed by atoms with Gasteiger partial charge in [-0.25, -0.2) is 0 Å². The van der Waals surface area contributed by atoms with Gasteiger partial charge in [0.15, 0.2) is 5.78 Å². The molecule has 5 aromatic rings. The third-order valence-corrected chi connectivity index (χ3v) is 12.4. The Bertz CT molecular complexity index is 2380. The number of pyridine rings is 1. The number of hydrogen-bond donors (Lipinski definition) is 0. The van der Waals surface area contributed by atoms with E-state index in [0.29, 0.717) is 33.5 Å². The summed E-state index contributed by atoms with van der Waals surface area (Å²) in [6.45, 7) is 27.9. The molecule has 5 heteroatoms. The second kappa shape index (κ2) is 17.5. The average molecular weight is 926 g/mol. The quantitative estimate of drug-likeness (QED) is 0.103. The van der Waals surface area contributed by atoms with Gasteiger partial charge in [0.1, 0.15) is 0 Å². The summed E-state index contributed by atoms with van der Waals surface area (Å²) in [5.74, 6) is 0.841. The monoisotopic (exact) mass is 926 g/mol. The Morgan fingerprint density at radius 2 is 1.52 bits per heavy atom. The summed E-state index contributed by atoms with van der Waals surface area (Å²) < 4.78 is 45.4. The van der Waals surface area contributed by atoms with Gasteiger partial charge in [-0.1, -0.05) is 132 Å². The van der Waals surface area contributed by atoms with Gasteiger partial charge in [-0.05, 0) is 88.6 Å². The molecule has 0 bridgehead atoms. The molecule has 0 aliphatic heterocycles. The van der Waals surface area contributed by atoms with Gasteiger partial charge in [0.2, 0.25) is 0 Å². The van der Waals surface area contributed by atoms with Crippen LogP contribution in [-0.4, -0.2) is 16.8 Å². The normalized spacial score (nSPS) is 16.7. The van der Waals surface area contributed by atoms with E-state index in [4.69, 9.17) is 10.5 Å². The van der Waals surface area contributed by atoms with E-state index < -0.39 is 5.41 Å². The molecule has 2 aromatic heterocycles. The number of fused-ring (bicyclic) bond motifs is 5. The molecule has 0 N–H and O–H groups in total. The van der Waals surface area contributed by atoms with Gasteiger partial charge in [0, 0.05) is 55.4 Å². The molecular formula is C49H64IrN2OS-2. The molecule has 1 aliphatic carbocycles. The third kappa shape index (κ3) is 9.22. The number of aromatic nitrogens is 1. The standard InChI is InChI=1S/C33H34NS.C16H31NO.Ir/c1-31(2,3)25-17-21(16-20-10-8-9-11-22(20)25)29-30-23(12-15-34-29)24-18-26-27(19-28(24)35-30)33(6,7)14-13-32(26,4)5;1-7-13(8-2)15(17-12(5)6)11-16(18)14(9-3)10-4;/h8-12,15,17-19H,13-14H2,1-7H3;11-14H,7-10H2,1-6H3,(H,17,18);/q-1;;/p-1/i8D,9D,10D,11D,17D;;. The fraction of sp³-hybridized carbons (Fsp3) is 0.510. The van der Waals surface area contributed by atoms with E-state index in [1.165, 1.54) is 21.2 Å². The minimum atomic E-state index is -0.540. The van der Waals surface area contributed by atoms with Crippen LogP contribution in [0.4, 0.5) is 0 Å². The third-order valence-electron chi connectivity index (χ3n) is 11.3. The summed E-state index contributed by atoms with van der Waals surface area (Å²) >= 11 is 1.68. The summed E-state index contributed by atoms with van der Waals surface area (Å²) in [5, 5.41) is 7.61. The number of ketones is 1. The van der Waals surface area contributed by atoms with Crippen LogP contribution in [0.2, 0.25) is 0 Å². The molecule has 3 nitrogen and oxygen atoms in total. The Hall–Kier alpha value is -2.85. The van der Waals surface area contributed by atoms with E-state index in [1.54, 1.807) is 17.5 Å². The minimum Gasteiger partial charge on any atom is -0.685 e. The second-order valence-corrected chi connectivity index (χ2v) is 18.6. The van der Waals surface area contributed by atoms with Crippen molar-refractivity contribution in [3.05, 3.63) is 94.5 Å². The van der Waals surface area contributed by atoms with Crippen LogP contribution >= 0.6 is 11.3 Å². The first-order chi connectivity index (χ1) is 27.0. The number of thiophene rings is 1. The number of carbonyl (C=O) groups excluding carboxylic acids is 1. The minimum absolute atomic E-state index is 0. The first kappa shape index (κ1) is 36.8. The summed E-state index contributed by atoms with van der Waals surface area (Å²) in [5.41, 5.74) is 5.16. The van der Waals surface area contributed by atoms with Crippen molar-refractivity contribution in [2.24, 2.45) is 11.8 Å². The summed E-state index contributed by atoms with van der Waals surface area (Å²) in [6, 6.07) is 9.68. The van der Waals surface area contributed by atoms with Gasteiger partial charge in [0.25, 0.3) is 0 Å². The van der Waals surface area contributed by atoms with E-state index >= 15 is 0 Å². The maximum atomic E-state index is 12.2. The molecule has 0 spiro atoms. The first-order valence-electron chi connectivity index (χ1n) is 22.3. The number of nitrogens with zero attached hydrogens (tertiary/aromatic N) is 2. The molecule has 0 saturated carbocycles. The Balaban J connectivity index is 0.000000345. The van der Waals surface area contributed by atoms with Crippen LogP contribution in [0.5, 0.6) is 0 Å². The van der Waals surface area contributed by atoms with Crippen molar-refractivity contribution in [1.82, 2.24) is 4.98 Å². The van der Waals surface area contributed by atoms with Crippen molar-refractivity contribution >= 4 is 48.1 Å². The molecule has 0 fully saturated rings. The largest absolute Gasteiger partial charge is 0.685 e. The predicted octanol–water partition coefficient (Wildman–Crippen LogP) is 14.8. The van der Waals surface area contributed by atoms with E-state index in [1.807, 2.05) is 32.9 Å². The van der Waals surface area contributed by atoms with Crippen LogP contribution in [0.15, 0.2) is 66.4 Å². The zero-order chi connectivity index (χ0) is 43.2. The molecule has 6 rings (SSSR count). The van der Waals surface area contributed by atoms with Crippen molar-refractivity contribution in [3.63, 3.8) is 0 Å². The number of rotatable bonds is 10. The van der Waals surface area contributed by atoms with Gasteiger partial charge < -0.3 is 5.32 Å². The molecule has 0 amide bonds. The van der Waals surface area contributed by atoms with E-state index in [-0.39, 0.29) is 78.9 Å². The van der Waals surface area contributed by atoms with Crippen LogP contribution < -0.4 is 0 Å². The van der Waals surface area contributed by atoms with E-state index in [2.05, 4.69) is 92.8 Å². The zero-order valence-corrected chi connectivity index (χ0v) is 38.1. The van der Waals surface area contributed by atoms with E-state index in [9.17, 15) is 6.17 Å². The summed E-state index contributed by atoms with van der Waals surface area (Å²) in [7, 11) is 0. The molecule has 0 atom stereocenters. The number of carbonyl (C=O) groups is 1. The molecule has 293 valence electrons. The molecule has 1 radical (unpaired) electrons. The van der Waals surface area contributed by atoms with Crippen molar-refractivity contribution < 1.29 is 31.8 Å². The van der Waals surface area contributed by atoms with Gasteiger partial charge >= 0.3 is 0 Å². The molecule has 1 aliphatic rings. The van der Waals surface area contributed by atoms with Crippen molar-refractivity contribution in [3.8, 4) is 11.3 Å². The molecular weight excluding hydrogens is 857 g/mol. The average Bonchev–Trinajstić information content (AvgIpc) is 3.53. The predicted molar refractivity (Wildman–Crippen MR) is 233 cm³/mol. The molecule has 3 aromatic carbocycles. The van der Waals surface area contributed by atoms with Gasteiger partial charge in [-0.15, -0.1) is 46.5 Å². The number of hydrogen-bond acceptors (Lipinski definition) is 3.